The van der Waals surface area contributed by atoms with E-state index >= 15 is 0 Å². The van der Waals surface area contributed by atoms with Crippen LogP contribution in [0.4, 0.5) is 4.39 Å². The molecule has 0 radical (unpaired) electrons. The van der Waals surface area contributed by atoms with Gasteiger partial charge in [0.1, 0.15) is 11.4 Å². The number of fused-ring (bicyclic) bond motifs is 1. The highest BCUT2D eigenvalue weighted by Gasteiger charge is 2.32. The Kier molecular flexibility index (Phi) is 5.07. The van der Waals surface area contributed by atoms with E-state index in [2.05, 4.69) is 10.1 Å². The van der Waals surface area contributed by atoms with Crippen molar-refractivity contribution in [2.45, 2.75) is 25.7 Å². The fourth-order valence-corrected chi connectivity index (χ4v) is 5.14. The maximum atomic E-state index is 13.2. The lowest BCUT2D eigenvalue weighted by atomic mass is 10.2. The molecule has 1 aliphatic rings. The summed E-state index contributed by atoms with van der Waals surface area (Å²) >= 11 is 0. The van der Waals surface area contributed by atoms with Crippen molar-refractivity contribution in [2.75, 3.05) is 26.2 Å². The molecule has 3 heterocycles. The second-order valence-electron chi connectivity index (χ2n) is 7.38. The van der Waals surface area contributed by atoms with E-state index in [-0.39, 0.29) is 37.0 Å². The van der Waals surface area contributed by atoms with Crippen molar-refractivity contribution in [2.24, 2.45) is 0 Å². The predicted molar refractivity (Wildman–Crippen MR) is 108 cm³/mol. The maximum absolute atomic E-state index is 13.2. The molecule has 1 fully saturated rings. The van der Waals surface area contributed by atoms with E-state index < -0.39 is 15.8 Å². The minimum absolute atomic E-state index is 0.0392. The summed E-state index contributed by atoms with van der Waals surface area (Å²) in [4.78, 5) is 19.4. The molecule has 0 saturated carbocycles. The third kappa shape index (κ3) is 3.46. The SMILES string of the molecule is Cc1cc(C)n2nc(C)c(C(=O)N3CCN(S(=O)(=O)c4ccc(F)cc4)CC3)c2n1. The molecule has 1 aliphatic heterocycles. The molecule has 0 unspecified atom stereocenters. The first kappa shape index (κ1) is 20.4. The Labute approximate surface area is 174 Å². The van der Waals surface area contributed by atoms with Gasteiger partial charge in [0.2, 0.25) is 10.0 Å². The van der Waals surface area contributed by atoms with Crippen molar-refractivity contribution in [1.82, 2.24) is 23.8 Å². The first-order valence-corrected chi connectivity index (χ1v) is 11.0. The lowest BCUT2D eigenvalue weighted by molar-refractivity contribution is 0.0699. The van der Waals surface area contributed by atoms with Gasteiger partial charge in [-0.2, -0.15) is 9.40 Å². The number of rotatable bonds is 3. The summed E-state index contributed by atoms with van der Waals surface area (Å²) in [6.07, 6.45) is 0. The van der Waals surface area contributed by atoms with Crippen LogP contribution in [0.2, 0.25) is 0 Å². The number of carbonyl (C=O) groups excluding carboxylic acids is 1. The van der Waals surface area contributed by atoms with E-state index in [1.54, 1.807) is 16.3 Å². The van der Waals surface area contributed by atoms with Crippen LogP contribution in [0.15, 0.2) is 35.2 Å². The molecule has 0 atom stereocenters. The number of carbonyl (C=O) groups is 1. The Bertz CT molecular complexity index is 1230. The Morgan fingerprint density at radius 2 is 1.67 bits per heavy atom. The van der Waals surface area contributed by atoms with E-state index in [4.69, 9.17) is 0 Å². The maximum Gasteiger partial charge on any atom is 0.259 e. The molecule has 1 amide bonds. The van der Waals surface area contributed by atoms with Gasteiger partial charge in [-0.1, -0.05) is 0 Å². The summed E-state index contributed by atoms with van der Waals surface area (Å²) in [5.74, 6) is -0.703. The zero-order valence-corrected chi connectivity index (χ0v) is 17.8. The molecular weight excluding hydrogens is 409 g/mol. The molecule has 10 heteroatoms. The number of piperazine rings is 1. The van der Waals surface area contributed by atoms with Crippen molar-refractivity contribution in [3.8, 4) is 0 Å². The number of nitrogens with zero attached hydrogens (tertiary/aromatic N) is 5. The average molecular weight is 431 g/mol. The molecule has 2 aromatic heterocycles. The van der Waals surface area contributed by atoms with Crippen LogP contribution in [-0.2, 0) is 10.0 Å². The van der Waals surface area contributed by atoms with E-state index in [1.165, 1.54) is 16.4 Å². The van der Waals surface area contributed by atoms with Crippen molar-refractivity contribution >= 4 is 21.6 Å². The molecule has 30 heavy (non-hydrogen) atoms. The summed E-state index contributed by atoms with van der Waals surface area (Å²) in [5.41, 5.74) is 3.22. The first-order chi connectivity index (χ1) is 14.2. The first-order valence-electron chi connectivity index (χ1n) is 9.57. The minimum Gasteiger partial charge on any atom is -0.336 e. The second kappa shape index (κ2) is 7.44. The largest absolute Gasteiger partial charge is 0.336 e. The monoisotopic (exact) mass is 431 g/mol. The predicted octanol–water partition coefficient (Wildman–Crippen LogP) is 1.94. The highest BCUT2D eigenvalue weighted by molar-refractivity contribution is 7.89. The van der Waals surface area contributed by atoms with Gasteiger partial charge in [0.25, 0.3) is 5.91 Å². The van der Waals surface area contributed by atoms with Gasteiger partial charge in [0, 0.05) is 37.6 Å². The quantitative estimate of drug-likeness (QED) is 0.633. The van der Waals surface area contributed by atoms with Gasteiger partial charge in [-0.25, -0.2) is 22.3 Å². The number of halogens is 1. The van der Waals surface area contributed by atoms with Gasteiger partial charge in [-0.15, -0.1) is 0 Å². The molecule has 1 saturated heterocycles. The third-order valence-corrected chi connectivity index (χ3v) is 7.17. The summed E-state index contributed by atoms with van der Waals surface area (Å²) in [6.45, 7) is 6.36. The third-order valence-electron chi connectivity index (χ3n) is 5.26. The Hall–Kier alpha value is -2.85. The van der Waals surface area contributed by atoms with Crippen LogP contribution in [-0.4, -0.2) is 64.3 Å². The molecule has 1 aromatic carbocycles. The van der Waals surface area contributed by atoms with Gasteiger partial charge in [0.05, 0.1) is 10.6 Å². The Morgan fingerprint density at radius 1 is 1.03 bits per heavy atom. The van der Waals surface area contributed by atoms with Gasteiger partial charge in [-0.3, -0.25) is 4.79 Å². The number of hydrogen-bond donors (Lipinski definition) is 0. The molecule has 0 aliphatic carbocycles. The topological polar surface area (TPSA) is 87.9 Å². The number of aromatic nitrogens is 3. The number of hydrogen-bond acceptors (Lipinski definition) is 5. The fraction of sp³-hybridized carbons (Fsp3) is 0.350. The van der Waals surface area contributed by atoms with Crippen LogP contribution in [0.1, 0.15) is 27.4 Å². The normalized spacial score (nSPS) is 15.7. The highest BCUT2D eigenvalue weighted by Crippen LogP contribution is 2.22. The zero-order valence-electron chi connectivity index (χ0n) is 17.0. The molecule has 8 nitrogen and oxygen atoms in total. The smallest absolute Gasteiger partial charge is 0.259 e. The van der Waals surface area contributed by atoms with Crippen LogP contribution in [0.3, 0.4) is 0 Å². The number of benzene rings is 1. The van der Waals surface area contributed by atoms with Crippen LogP contribution in [0, 0.1) is 26.6 Å². The summed E-state index contributed by atoms with van der Waals surface area (Å²) in [7, 11) is -3.74. The lowest BCUT2D eigenvalue weighted by Crippen LogP contribution is -2.50. The number of aryl methyl sites for hydroxylation is 3. The van der Waals surface area contributed by atoms with Crippen LogP contribution >= 0.6 is 0 Å². The van der Waals surface area contributed by atoms with Crippen LogP contribution in [0.25, 0.3) is 5.65 Å². The second-order valence-corrected chi connectivity index (χ2v) is 9.32. The van der Waals surface area contributed by atoms with Gasteiger partial charge in [-0.05, 0) is 51.1 Å². The zero-order chi connectivity index (χ0) is 21.6. The fourth-order valence-electron chi connectivity index (χ4n) is 3.72. The van der Waals surface area contributed by atoms with Crippen molar-refractivity contribution in [3.05, 3.63) is 58.8 Å². The summed E-state index contributed by atoms with van der Waals surface area (Å²) in [6, 6.07) is 6.64. The molecule has 4 rings (SSSR count). The highest BCUT2D eigenvalue weighted by atomic mass is 32.2. The molecule has 0 N–H and O–H groups in total. The number of sulfonamides is 1. The molecule has 0 bridgehead atoms. The van der Waals surface area contributed by atoms with Gasteiger partial charge < -0.3 is 4.90 Å². The standard InChI is InChI=1S/C20H22FN5O3S/c1-13-12-14(2)26-19(22-13)18(15(3)23-26)20(27)24-8-10-25(11-9-24)30(28,29)17-6-4-16(21)5-7-17/h4-7,12H,8-11H2,1-3H3. The van der Waals surface area contributed by atoms with E-state index in [1.807, 2.05) is 19.9 Å². The van der Waals surface area contributed by atoms with Crippen molar-refractivity contribution < 1.29 is 17.6 Å². The molecule has 3 aromatic rings. The van der Waals surface area contributed by atoms with E-state index in [9.17, 15) is 17.6 Å². The van der Waals surface area contributed by atoms with Crippen LogP contribution in [0.5, 0.6) is 0 Å². The minimum atomic E-state index is -3.74. The van der Waals surface area contributed by atoms with Gasteiger partial charge in [0.15, 0.2) is 5.65 Å². The van der Waals surface area contributed by atoms with Crippen LogP contribution < -0.4 is 0 Å². The molecular formula is C20H22FN5O3S. The summed E-state index contributed by atoms with van der Waals surface area (Å²) < 4.78 is 41.7. The molecule has 158 valence electrons. The average Bonchev–Trinajstić information content (AvgIpc) is 3.04. The lowest BCUT2D eigenvalue weighted by Gasteiger charge is -2.34. The Morgan fingerprint density at radius 3 is 2.30 bits per heavy atom. The molecule has 0 spiro atoms. The number of amides is 1. The van der Waals surface area contributed by atoms with E-state index in [0.29, 0.717) is 16.9 Å². The van der Waals surface area contributed by atoms with Gasteiger partial charge >= 0.3 is 0 Å². The van der Waals surface area contributed by atoms with Crippen molar-refractivity contribution in [1.29, 1.82) is 0 Å². The van der Waals surface area contributed by atoms with Crippen molar-refractivity contribution in [3.63, 3.8) is 0 Å². The van der Waals surface area contributed by atoms with E-state index in [0.717, 1.165) is 23.5 Å². The Balaban J connectivity index is 1.55. The summed E-state index contributed by atoms with van der Waals surface area (Å²) in [5, 5.41) is 4.44.